The van der Waals surface area contributed by atoms with E-state index in [1.165, 1.54) is 12.1 Å². The fraction of sp³-hybridized carbons (Fsp3) is 0.562. The molecule has 1 aliphatic rings. The van der Waals surface area contributed by atoms with Crippen molar-refractivity contribution in [3.05, 3.63) is 35.4 Å². The van der Waals surface area contributed by atoms with Gasteiger partial charge >= 0.3 is 0 Å². The van der Waals surface area contributed by atoms with E-state index in [-0.39, 0.29) is 30.9 Å². The third kappa shape index (κ3) is 5.85. The first kappa shape index (κ1) is 17.8. The lowest BCUT2D eigenvalue weighted by molar-refractivity contribution is -0.121. The Kier molecular flexibility index (Phi) is 6.88. The highest BCUT2D eigenvalue weighted by Crippen LogP contribution is 2.13. The van der Waals surface area contributed by atoms with Crippen LogP contribution in [0.4, 0.5) is 8.78 Å². The van der Waals surface area contributed by atoms with Gasteiger partial charge < -0.3 is 15.2 Å². The van der Waals surface area contributed by atoms with Crippen molar-refractivity contribution >= 4 is 5.91 Å². The van der Waals surface area contributed by atoms with Crippen LogP contribution in [0.3, 0.4) is 0 Å². The Balaban J connectivity index is 1.67. The Bertz CT molecular complexity index is 522. The molecule has 1 heterocycles. The monoisotopic (exact) mass is 328 g/mol. The third-order valence-electron chi connectivity index (χ3n) is 3.76. The number of benzene rings is 1. The molecule has 1 amide bonds. The number of β-amino-alcohol motifs (C(OH)–C–C–N with tert-alkyl or cyclic N) is 1. The first-order valence-electron chi connectivity index (χ1n) is 7.74. The molecule has 0 aliphatic carbocycles. The predicted molar refractivity (Wildman–Crippen MR) is 81.0 cm³/mol. The van der Waals surface area contributed by atoms with E-state index in [1.807, 2.05) is 0 Å². The second-order valence-electron chi connectivity index (χ2n) is 5.58. The van der Waals surface area contributed by atoms with Gasteiger partial charge in [-0.2, -0.15) is 0 Å². The van der Waals surface area contributed by atoms with E-state index in [2.05, 4.69) is 10.2 Å². The third-order valence-corrected chi connectivity index (χ3v) is 3.76. The highest BCUT2D eigenvalue weighted by Gasteiger charge is 2.16. The van der Waals surface area contributed by atoms with Gasteiger partial charge in [-0.1, -0.05) is 12.1 Å². The molecule has 1 aromatic rings. The summed E-state index contributed by atoms with van der Waals surface area (Å²) in [5.41, 5.74) is 0.175. The number of carbonyl (C=O) groups excluding carboxylic acids is 1. The zero-order valence-corrected chi connectivity index (χ0v) is 12.9. The second kappa shape index (κ2) is 8.90. The minimum Gasteiger partial charge on any atom is -0.390 e. The lowest BCUT2D eigenvalue weighted by Crippen LogP contribution is -2.44. The molecule has 0 radical (unpaired) electrons. The van der Waals surface area contributed by atoms with Crippen molar-refractivity contribution in [2.45, 2.75) is 18.9 Å². The van der Waals surface area contributed by atoms with Gasteiger partial charge in [-0.05, 0) is 18.1 Å². The molecule has 1 saturated heterocycles. The van der Waals surface area contributed by atoms with Crippen molar-refractivity contribution in [1.82, 2.24) is 10.2 Å². The number of aliphatic hydroxyl groups excluding tert-OH is 1. The number of aryl methyl sites for hydroxylation is 1. The zero-order chi connectivity index (χ0) is 16.7. The normalized spacial score (nSPS) is 17.0. The average molecular weight is 328 g/mol. The summed E-state index contributed by atoms with van der Waals surface area (Å²) in [7, 11) is 0. The largest absolute Gasteiger partial charge is 0.390 e. The average Bonchev–Trinajstić information content (AvgIpc) is 2.55. The predicted octanol–water partition coefficient (Wildman–Crippen LogP) is 0.707. The number of amides is 1. The zero-order valence-electron chi connectivity index (χ0n) is 12.9. The van der Waals surface area contributed by atoms with Gasteiger partial charge in [0, 0.05) is 32.6 Å². The summed E-state index contributed by atoms with van der Waals surface area (Å²) < 4.78 is 31.7. The van der Waals surface area contributed by atoms with Crippen LogP contribution in [0.5, 0.6) is 0 Å². The van der Waals surface area contributed by atoms with Crippen LogP contribution in [0, 0.1) is 11.6 Å². The van der Waals surface area contributed by atoms with E-state index in [0.29, 0.717) is 19.8 Å². The molecule has 1 aliphatic heterocycles. The highest BCUT2D eigenvalue weighted by atomic mass is 19.2. The molecule has 5 nitrogen and oxygen atoms in total. The van der Waals surface area contributed by atoms with Crippen LogP contribution in [0.15, 0.2) is 18.2 Å². The summed E-state index contributed by atoms with van der Waals surface area (Å²) in [4.78, 5) is 13.8. The van der Waals surface area contributed by atoms with Crippen LogP contribution in [0.25, 0.3) is 0 Å². The van der Waals surface area contributed by atoms with Crippen LogP contribution in [-0.4, -0.2) is 61.4 Å². The molecule has 2 rings (SSSR count). The van der Waals surface area contributed by atoms with Gasteiger partial charge in [0.1, 0.15) is 0 Å². The van der Waals surface area contributed by atoms with Gasteiger partial charge in [0.2, 0.25) is 5.91 Å². The smallest absolute Gasteiger partial charge is 0.220 e. The Labute approximate surface area is 134 Å². The van der Waals surface area contributed by atoms with Crippen molar-refractivity contribution in [2.75, 3.05) is 39.4 Å². The Hall–Kier alpha value is -1.57. The molecule has 0 spiro atoms. The Morgan fingerprint density at radius 3 is 2.83 bits per heavy atom. The highest BCUT2D eigenvalue weighted by molar-refractivity contribution is 5.76. The minimum atomic E-state index is -0.913. The van der Waals surface area contributed by atoms with Gasteiger partial charge in [0.15, 0.2) is 11.6 Å². The Morgan fingerprint density at radius 2 is 2.09 bits per heavy atom. The van der Waals surface area contributed by atoms with E-state index in [1.54, 1.807) is 0 Å². The van der Waals surface area contributed by atoms with Crippen LogP contribution in [-0.2, 0) is 16.0 Å². The quantitative estimate of drug-likeness (QED) is 0.774. The molecule has 128 valence electrons. The van der Waals surface area contributed by atoms with Crippen molar-refractivity contribution < 1.29 is 23.4 Å². The van der Waals surface area contributed by atoms with Crippen molar-refractivity contribution in [1.29, 1.82) is 0 Å². The molecule has 2 N–H and O–H groups in total. The van der Waals surface area contributed by atoms with Crippen molar-refractivity contribution in [3.63, 3.8) is 0 Å². The summed E-state index contributed by atoms with van der Waals surface area (Å²) in [6.45, 7) is 3.45. The number of ether oxygens (including phenoxy) is 1. The first-order chi connectivity index (χ1) is 11.1. The van der Waals surface area contributed by atoms with Crippen LogP contribution in [0.1, 0.15) is 12.0 Å². The molecule has 1 fully saturated rings. The minimum absolute atomic E-state index is 0.0463. The number of nitrogens with one attached hydrogen (secondary N) is 1. The fourth-order valence-electron chi connectivity index (χ4n) is 2.46. The lowest BCUT2D eigenvalue weighted by Gasteiger charge is -2.28. The molecule has 1 atom stereocenters. The van der Waals surface area contributed by atoms with Gasteiger partial charge in [0.05, 0.1) is 19.3 Å². The summed E-state index contributed by atoms with van der Waals surface area (Å²) in [5.74, 6) is -2.12. The van der Waals surface area contributed by atoms with Crippen LogP contribution < -0.4 is 5.32 Å². The molecular formula is C16H22F2N2O3. The summed E-state index contributed by atoms with van der Waals surface area (Å²) in [5, 5.41) is 12.5. The maximum atomic E-state index is 13.5. The molecule has 0 aromatic heterocycles. The van der Waals surface area contributed by atoms with E-state index in [4.69, 9.17) is 4.74 Å². The summed E-state index contributed by atoms with van der Waals surface area (Å²) in [6, 6.07) is 3.91. The number of morpholine rings is 1. The SMILES string of the molecule is O=C(CCc1cccc(F)c1F)NCC(O)CN1CCOCC1. The molecule has 0 bridgehead atoms. The fourth-order valence-corrected chi connectivity index (χ4v) is 2.46. The standard InChI is InChI=1S/C16H22F2N2O3/c17-14-3-1-2-12(16(14)18)4-5-15(22)19-10-13(21)11-20-6-8-23-9-7-20/h1-3,13,21H,4-11H2,(H,19,22). The van der Waals surface area contributed by atoms with Crippen molar-refractivity contribution in [3.8, 4) is 0 Å². The maximum absolute atomic E-state index is 13.5. The van der Waals surface area contributed by atoms with E-state index in [0.717, 1.165) is 19.2 Å². The number of hydrogen-bond acceptors (Lipinski definition) is 4. The Morgan fingerprint density at radius 1 is 1.35 bits per heavy atom. The molecule has 1 unspecified atom stereocenters. The van der Waals surface area contributed by atoms with Crippen LogP contribution >= 0.6 is 0 Å². The van der Waals surface area contributed by atoms with E-state index >= 15 is 0 Å². The number of nitrogens with zero attached hydrogens (tertiary/aromatic N) is 1. The van der Waals surface area contributed by atoms with E-state index in [9.17, 15) is 18.7 Å². The number of carbonyl (C=O) groups is 1. The topological polar surface area (TPSA) is 61.8 Å². The molecule has 0 saturated carbocycles. The van der Waals surface area contributed by atoms with Gasteiger partial charge in [-0.3, -0.25) is 9.69 Å². The van der Waals surface area contributed by atoms with Gasteiger partial charge in [-0.15, -0.1) is 0 Å². The summed E-state index contributed by atoms with van der Waals surface area (Å²) in [6.07, 6.45) is -0.498. The lowest BCUT2D eigenvalue weighted by atomic mass is 10.1. The van der Waals surface area contributed by atoms with Crippen molar-refractivity contribution in [2.24, 2.45) is 0 Å². The number of hydrogen-bond donors (Lipinski definition) is 2. The maximum Gasteiger partial charge on any atom is 0.220 e. The second-order valence-corrected chi connectivity index (χ2v) is 5.58. The van der Waals surface area contributed by atoms with Crippen LogP contribution in [0.2, 0.25) is 0 Å². The van der Waals surface area contributed by atoms with E-state index < -0.39 is 17.7 Å². The molecule has 7 heteroatoms. The van der Waals surface area contributed by atoms with Gasteiger partial charge in [0.25, 0.3) is 0 Å². The molecule has 23 heavy (non-hydrogen) atoms. The first-order valence-corrected chi connectivity index (χ1v) is 7.74. The molecular weight excluding hydrogens is 306 g/mol. The number of aliphatic hydroxyl groups is 1. The van der Waals surface area contributed by atoms with Gasteiger partial charge in [-0.25, -0.2) is 8.78 Å². The number of rotatable bonds is 7. The number of halogens is 2. The molecule has 1 aromatic carbocycles. The summed E-state index contributed by atoms with van der Waals surface area (Å²) >= 11 is 0.